The molecule has 0 fully saturated rings. The van der Waals surface area contributed by atoms with Crippen LogP contribution in [-0.2, 0) is 4.79 Å². The summed E-state index contributed by atoms with van der Waals surface area (Å²) >= 11 is 0. The number of nitrogens with zero attached hydrogens (tertiary/aromatic N) is 2. The highest BCUT2D eigenvalue weighted by Crippen LogP contribution is 2.15. The normalized spacial score (nSPS) is 10.3. The van der Waals surface area contributed by atoms with Crippen molar-refractivity contribution in [3.8, 4) is 0 Å². The Morgan fingerprint density at radius 1 is 1.64 bits per heavy atom. The smallest absolute Gasteiger partial charge is 0.328 e. The molecule has 0 radical (unpaired) electrons. The van der Waals surface area contributed by atoms with E-state index in [1.165, 1.54) is 18.3 Å². The number of nitro groups is 1. The fraction of sp³-hybridized carbons (Fsp3) is 0. The Hall–Kier alpha value is -2.24. The summed E-state index contributed by atoms with van der Waals surface area (Å²) in [7, 11) is 0. The van der Waals surface area contributed by atoms with Crippen LogP contribution in [0.5, 0.6) is 0 Å². The lowest BCUT2D eigenvalue weighted by Gasteiger charge is -1.93. The predicted octanol–water partition coefficient (Wildman–Crippen LogP) is 1.09. The molecule has 0 aliphatic rings. The van der Waals surface area contributed by atoms with Crippen molar-refractivity contribution in [2.45, 2.75) is 0 Å². The molecule has 0 saturated carbocycles. The number of aromatic nitrogens is 1. The van der Waals surface area contributed by atoms with E-state index in [-0.39, 0.29) is 11.4 Å². The number of rotatable bonds is 3. The first-order valence-electron chi connectivity index (χ1n) is 3.61. The second-order valence-corrected chi connectivity index (χ2v) is 2.34. The van der Waals surface area contributed by atoms with Gasteiger partial charge in [0.2, 0.25) is 0 Å². The van der Waals surface area contributed by atoms with E-state index in [2.05, 4.69) is 4.98 Å². The summed E-state index contributed by atoms with van der Waals surface area (Å²) in [5.74, 6) is -1.18. The molecule has 1 aromatic heterocycles. The molecule has 1 rings (SSSR count). The molecule has 6 nitrogen and oxygen atoms in total. The van der Waals surface area contributed by atoms with Gasteiger partial charge in [-0.25, -0.2) is 9.78 Å². The van der Waals surface area contributed by atoms with E-state index in [9.17, 15) is 14.9 Å². The minimum absolute atomic E-state index is 0.0277. The first kappa shape index (κ1) is 9.85. The number of carbonyl (C=O) groups is 1. The maximum Gasteiger partial charge on any atom is 0.328 e. The van der Waals surface area contributed by atoms with Gasteiger partial charge in [0.15, 0.2) is 0 Å². The predicted molar refractivity (Wildman–Crippen MR) is 47.6 cm³/mol. The van der Waals surface area contributed by atoms with Crippen LogP contribution in [0.25, 0.3) is 6.08 Å². The third-order valence-electron chi connectivity index (χ3n) is 1.40. The molecule has 1 N–H and O–H groups in total. The Labute approximate surface area is 78.7 Å². The van der Waals surface area contributed by atoms with Gasteiger partial charge in [-0.2, -0.15) is 0 Å². The van der Waals surface area contributed by atoms with Gasteiger partial charge in [0.1, 0.15) is 5.69 Å². The highest BCUT2D eigenvalue weighted by atomic mass is 16.6. The highest BCUT2D eigenvalue weighted by Gasteiger charge is 2.10. The molecule has 0 amide bonds. The lowest BCUT2D eigenvalue weighted by atomic mass is 10.3. The van der Waals surface area contributed by atoms with Gasteiger partial charge in [-0.05, 0) is 12.1 Å². The monoisotopic (exact) mass is 194 g/mol. The summed E-state index contributed by atoms with van der Waals surface area (Å²) in [4.78, 5) is 23.7. The summed E-state index contributed by atoms with van der Waals surface area (Å²) in [6.45, 7) is 0. The first-order valence-corrected chi connectivity index (χ1v) is 3.61. The molecule has 1 aromatic rings. The van der Waals surface area contributed by atoms with Gasteiger partial charge in [0.05, 0.1) is 4.92 Å². The van der Waals surface area contributed by atoms with E-state index >= 15 is 0 Å². The van der Waals surface area contributed by atoms with Gasteiger partial charge in [0, 0.05) is 18.3 Å². The van der Waals surface area contributed by atoms with E-state index < -0.39 is 10.9 Å². The fourth-order valence-corrected chi connectivity index (χ4v) is 0.842. The van der Waals surface area contributed by atoms with Crippen molar-refractivity contribution < 1.29 is 14.8 Å². The molecule has 0 atom stereocenters. The van der Waals surface area contributed by atoms with Crippen molar-refractivity contribution in [1.82, 2.24) is 4.98 Å². The van der Waals surface area contributed by atoms with Crippen molar-refractivity contribution in [2.24, 2.45) is 0 Å². The maximum atomic E-state index is 10.5. The lowest BCUT2D eigenvalue weighted by molar-refractivity contribution is -0.385. The Balaban J connectivity index is 3.07. The highest BCUT2D eigenvalue weighted by molar-refractivity contribution is 5.85. The van der Waals surface area contributed by atoms with Crippen molar-refractivity contribution in [2.75, 3.05) is 0 Å². The topological polar surface area (TPSA) is 93.3 Å². The van der Waals surface area contributed by atoms with E-state index in [0.717, 1.165) is 12.2 Å². The van der Waals surface area contributed by atoms with E-state index in [1.54, 1.807) is 0 Å². The van der Waals surface area contributed by atoms with Crippen molar-refractivity contribution in [3.63, 3.8) is 0 Å². The Morgan fingerprint density at radius 2 is 2.36 bits per heavy atom. The van der Waals surface area contributed by atoms with Crippen molar-refractivity contribution >= 4 is 17.7 Å². The Kier molecular flexibility index (Phi) is 2.90. The Morgan fingerprint density at radius 3 is 2.93 bits per heavy atom. The number of hydrogen-bond donors (Lipinski definition) is 1. The van der Waals surface area contributed by atoms with Crippen LogP contribution in [0.2, 0.25) is 0 Å². The van der Waals surface area contributed by atoms with Crippen LogP contribution < -0.4 is 0 Å². The van der Waals surface area contributed by atoms with Crippen LogP contribution >= 0.6 is 0 Å². The fourth-order valence-electron chi connectivity index (χ4n) is 0.842. The number of hydrogen-bond acceptors (Lipinski definition) is 4. The number of pyridine rings is 1. The standard InChI is InChI=1S/C8H6N2O4/c11-8(12)4-3-6-7(10(13)14)2-1-5-9-6/h1-5H,(H,11,12)/b4-3+. The SMILES string of the molecule is O=C(O)/C=C/c1ncccc1[N+](=O)[O-]. The zero-order valence-electron chi connectivity index (χ0n) is 6.95. The molecule has 1 heterocycles. The second-order valence-electron chi connectivity index (χ2n) is 2.34. The van der Waals surface area contributed by atoms with Gasteiger partial charge >= 0.3 is 5.97 Å². The maximum absolute atomic E-state index is 10.5. The third kappa shape index (κ3) is 2.37. The quantitative estimate of drug-likeness (QED) is 0.441. The van der Waals surface area contributed by atoms with Crippen LogP contribution in [0.4, 0.5) is 5.69 Å². The van der Waals surface area contributed by atoms with Crippen LogP contribution in [0, 0.1) is 10.1 Å². The van der Waals surface area contributed by atoms with E-state index in [1.807, 2.05) is 0 Å². The summed E-state index contributed by atoms with van der Waals surface area (Å²) in [6.07, 6.45) is 3.24. The zero-order valence-corrected chi connectivity index (χ0v) is 6.95. The average molecular weight is 194 g/mol. The number of carboxylic acids is 1. The molecular formula is C8H6N2O4. The molecule has 0 saturated heterocycles. The molecule has 0 aromatic carbocycles. The molecule has 6 heteroatoms. The summed E-state index contributed by atoms with van der Waals surface area (Å²) in [5, 5.41) is 18.8. The summed E-state index contributed by atoms with van der Waals surface area (Å²) in [5.41, 5.74) is -0.190. The minimum atomic E-state index is -1.18. The van der Waals surface area contributed by atoms with Gasteiger partial charge in [-0.15, -0.1) is 0 Å². The molecule has 0 unspecified atom stereocenters. The number of aliphatic carboxylic acids is 1. The molecular weight excluding hydrogens is 188 g/mol. The van der Waals surface area contributed by atoms with Crippen LogP contribution in [0.15, 0.2) is 24.4 Å². The molecule has 72 valence electrons. The van der Waals surface area contributed by atoms with Gasteiger partial charge in [-0.3, -0.25) is 10.1 Å². The van der Waals surface area contributed by atoms with Gasteiger partial charge < -0.3 is 5.11 Å². The third-order valence-corrected chi connectivity index (χ3v) is 1.40. The molecule has 0 aliphatic heterocycles. The van der Waals surface area contributed by atoms with Crippen molar-refractivity contribution in [1.29, 1.82) is 0 Å². The lowest BCUT2D eigenvalue weighted by Crippen LogP contribution is -1.94. The van der Waals surface area contributed by atoms with Gasteiger partial charge in [0.25, 0.3) is 5.69 Å². The molecule has 0 bridgehead atoms. The van der Waals surface area contributed by atoms with Crippen LogP contribution in [0.3, 0.4) is 0 Å². The molecule has 14 heavy (non-hydrogen) atoms. The first-order chi connectivity index (χ1) is 6.61. The van der Waals surface area contributed by atoms with E-state index in [4.69, 9.17) is 5.11 Å². The van der Waals surface area contributed by atoms with Crippen LogP contribution in [-0.4, -0.2) is 21.0 Å². The average Bonchev–Trinajstić information content (AvgIpc) is 2.15. The summed E-state index contributed by atoms with van der Waals surface area (Å²) < 4.78 is 0. The van der Waals surface area contributed by atoms with Crippen LogP contribution in [0.1, 0.15) is 5.69 Å². The second kappa shape index (κ2) is 4.13. The molecule has 0 aliphatic carbocycles. The Bertz CT molecular complexity index is 400. The molecule has 0 spiro atoms. The summed E-state index contributed by atoms with van der Waals surface area (Å²) in [6, 6.07) is 2.67. The number of carboxylic acid groups (broad SMARTS) is 1. The zero-order chi connectivity index (χ0) is 10.6. The van der Waals surface area contributed by atoms with Crippen molar-refractivity contribution in [3.05, 3.63) is 40.2 Å². The van der Waals surface area contributed by atoms with E-state index in [0.29, 0.717) is 0 Å². The van der Waals surface area contributed by atoms with Gasteiger partial charge in [-0.1, -0.05) is 0 Å². The largest absolute Gasteiger partial charge is 0.478 e. The minimum Gasteiger partial charge on any atom is -0.478 e.